The van der Waals surface area contributed by atoms with E-state index in [9.17, 15) is 5.11 Å². The highest BCUT2D eigenvalue weighted by molar-refractivity contribution is 5.29. The molecule has 2 aromatic rings. The molecule has 0 aliphatic heterocycles. The molecule has 0 spiro atoms. The Morgan fingerprint density at radius 2 is 2.22 bits per heavy atom. The maximum Gasteiger partial charge on any atom is 0.138 e. The molecule has 96 valence electrons. The fourth-order valence-electron chi connectivity index (χ4n) is 1.65. The van der Waals surface area contributed by atoms with Crippen LogP contribution in [0, 0.1) is 6.92 Å². The lowest BCUT2D eigenvalue weighted by Gasteiger charge is -2.10. The van der Waals surface area contributed by atoms with E-state index in [1.54, 1.807) is 24.5 Å². The first-order valence-corrected chi connectivity index (χ1v) is 6.03. The van der Waals surface area contributed by atoms with E-state index in [2.05, 4.69) is 4.98 Å². The fourth-order valence-corrected chi connectivity index (χ4v) is 1.65. The zero-order valence-corrected chi connectivity index (χ0v) is 10.6. The Kier molecular flexibility index (Phi) is 3.99. The summed E-state index contributed by atoms with van der Waals surface area (Å²) in [7, 11) is 0. The lowest BCUT2D eigenvalue weighted by atomic mass is 10.1. The minimum atomic E-state index is -0.809. The summed E-state index contributed by atoms with van der Waals surface area (Å²) in [5.74, 6) is 1.95. The summed E-state index contributed by atoms with van der Waals surface area (Å²) in [4.78, 5) is 4.06. The van der Waals surface area contributed by atoms with Crippen LogP contribution in [-0.4, -0.2) is 16.7 Å². The Bertz CT molecular complexity index is 507. The second-order valence-corrected chi connectivity index (χ2v) is 4.15. The Hall–Kier alpha value is -1.81. The number of hydrogen-bond donors (Lipinski definition) is 1. The van der Waals surface area contributed by atoms with Crippen LogP contribution in [0.4, 0.5) is 0 Å². The van der Waals surface area contributed by atoms with Gasteiger partial charge in [0.1, 0.15) is 23.4 Å². The highest BCUT2D eigenvalue weighted by Gasteiger charge is 2.15. The summed E-state index contributed by atoms with van der Waals surface area (Å²) in [6, 6.07) is 5.37. The average molecular weight is 247 g/mol. The van der Waals surface area contributed by atoms with Crippen molar-refractivity contribution < 1.29 is 14.3 Å². The van der Waals surface area contributed by atoms with Gasteiger partial charge in [-0.1, -0.05) is 6.92 Å². The molecule has 1 atom stereocenters. The highest BCUT2D eigenvalue weighted by atomic mass is 16.5. The Morgan fingerprint density at radius 1 is 1.39 bits per heavy atom. The van der Waals surface area contributed by atoms with E-state index >= 15 is 0 Å². The van der Waals surface area contributed by atoms with Crippen LogP contribution in [0.2, 0.25) is 0 Å². The van der Waals surface area contributed by atoms with Gasteiger partial charge in [0.05, 0.1) is 12.8 Å². The van der Waals surface area contributed by atoms with Crippen molar-refractivity contribution in [3.8, 4) is 5.75 Å². The maximum absolute atomic E-state index is 10.2. The highest BCUT2D eigenvalue weighted by Crippen LogP contribution is 2.25. The van der Waals surface area contributed by atoms with Crippen LogP contribution in [0.25, 0.3) is 0 Å². The van der Waals surface area contributed by atoms with Crippen molar-refractivity contribution in [3.63, 3.8) is 0 Å². The average Bonchev–Trinajstić information content (AvgIpc) is 2.82. The molecule has 4 nitrogen and oxygen atoms in total. The van der Waals surface area contributed by atoms with Gasteiger partial charge >= 0.3 is 0 Å². The third-order valence-electron chi connectivity index (χ3n) is 2.55. The van der Waals surface area contributed by atoms with E-state index in [4.69, 9.17) is 9.15 Å². The van der Waals surface area contributed by atoms with E-state index < -0.39 is 6.10 Å². The first kappa shape index (κ1) is 12.6. The van der Waals surface area contributed by atoms with E-state index in [-0.39, 0.29) is 0 Å². The first-order valence-electron chi connectivity index (χ1n) is 6.03. The van der Waals surface area contributed by atoms with Gasteiger partial charge in [0, 0.05) is 11.8 Å². The third-order valence-corrected chi connectivity index (χ3v) is 2.55. The van der Waals surface area contributed by atoms with Crippen molar-refractivity contribution in [2.45, 2.75) is 26.4 Å². The molecule has 0 radical (unpaired) electrons. The van der Waals surface area contributed by atoms with Gasteiger partial charge in [-0.25, -0.2) is 0 Å². The number of aryl methyl sites for hydroxylation is 1. The molecule has 2 rings (SSSR count). The zero-order chi connectivity index (χ0) is 13.0. The Balaban J connectivity index is 2.17. The van der Waals surface area contributed by atoms with Gasteiger partial charge in [0.25, 0.3) is 0 Å². The molecule has 1 N–H and O–H groups in total. The predicted octanol–water partition coefficient (Wildman–Crippen LogP) is 2.85. The van der Waals surface area contributed by atoms with E-state index in [0.29, 0.717) is 23.7 Å². The quantitative estimate of drug-likeness (QED) is 0.882. The molecule has 0 aliphatic carbocycles. The van der Waals surface area contributed by atoms with Crippen LogP contribution in [0.1, 0.15) is 36.5 Å². The molecule has 18 heavy (non-hydrogen) atoms. The van der Waals surface area contributed by atoms with Crippen LogP contribution in [0.3, 0.4) is 0 Å². The van der Waals surface area contributed by atoms with Crippen LogP contribution in [0.15, 0.2) is 35.0 Å². The molecule has 0 saturated carbocycles. The number of aliphatic hydroxyl groups excluding tert-OH is 1. The van der Waals surface area contributed by atoms with Gasteiger partial charge < -0.3 is 14.3 Å². The normalized spacial score (nSPS) is 12.4. The van der Waals surface area contributed by atoms with Gasteiger partial charge in [-0.3, -0.25) is 4.98 Å². The van der Waals surface area contributed by atoms with Crippen LogP contribution >= 0.6 is 0 Å². The maximum atomic E-state index is 10.2. The van der Waals surface area contributed by atoms with Crippen molar-refractivity contribution in [2.24, 2.45) is 0 Å². The van der Waals surface area contributed by atoms with Gasteiger partial charge in [-0.2, -0.15) is 0 Å². The number of aromatic nitrogens is 1. The van der Waals surface area contributed by atoms with Gasteiger partial charge in [0.15, 0.2) is 0 Å². The molecular weight excluding hydrogens is 230 g/mol. The van der Waals surface area contributed by atoms with Crippen LogP contribution < -0.4 is 4.74 Å². The number of pyridine rings is 1. The first-order chi connectivity index (χ1) is 8.70. The second kappa shape index (κ2) is 5.69. The molecule has 4 heteroatoms. The topological polar surface area (TPSA) is 55.5 Å². The standard InChI is InChI=1S/C14H17NO3/c1-3-6-17-12-7-11(8-15-9-12)14(16)13-5-4-10(2)18-13/h4-5,7-9,14,16H,3,6H2,1-2H3. The summed E-state index contributed by atoms with van der Waals surface area (Å²) in [5.41, 5.74) is 0.665. The molecule has 0 amide bonds. The Labute approximate surface area is 106 Å². The summed E-state index contributed by atoms with van der Waals surface area (Å²) >= 11 is 0. The van der Waals surface area contributed by atoms with E-state index in [0.717, 1.165) is 12.2 Å². The summed E-state index contributed by atoms with van der Waals surface area (Å²) < 4.78 is 10.9. The number of hydrogen-bond acceptors (Lipinski definition) is 4. The lowest BCUT2D eigenvalue weighted by Crippen LogP contribution is -2.01. The largest absolute Gasteiger partial charge is 0.492 e. The third kappa shape index (κ3) is 2.90. The van der Waals surface area contributed by atoms with Crippen molar-refractivity contribution in [1.82, 2.24) is 4.98 Å². The molecule has 0 bridgehead atoms. The van der Waals surface area contributed by atoms with Crippen LogP contribution in [-0.2, 0) is 0 Å². The number of furan rings is 1. The number of rotatable bonds is 5. The zero-order valence-electron chi connectivity index (χ0n) is 10.6. The molecule has 0 saturated heterocycles. The van der Waals surface area contributed by atoms with Crippen molar-refractivity contribution in [2.75, 3.05) is 6.61 Å². The minimum Gasteiger partial charge on any atom is -0.492 e. The monoisotopic (exact) mass is 247 g/mol. The van der Waals surface area contributed by atoms with Crippen molar-refractivity contribution in [1.29, 1.82) is 0 Å². The van der Waals surface area contributed by atoms with Gasteiger partial charge in [-0.05, 0) is 31.5 Å². The van der Waals surface area contributed by atoms with Gasteiger partial charge in [-0.15, -0.1) is 0 Å². The van der Waals surface area contributed by atoms with E-state index in [1.807, 2.05) is 19.9 Å². The Morgan fingerprint density at radius 3 is 2.89 bits per heavy atom. The molecule has 1 unspecified atom stereocenters. The van der Waals surface area contributed by atoms with Gasteiger partial charge in [0.2, 0.25) is 0 Å². The lowest BCUT2D eigenvalue weighted by molar-refractivity contribution is 0.186. The molecular formula is C14H17NO3. The van der Waals surface area contributed by atoms with E-state index in [1.165, 1.54) is 0 Å². The molecule has 0 fully saturated rings. The number of aliphatic hydroxyl groups is 1. The van der Waals surface area contributed by atoms with Crippen LogP contribution in [0.5, 0.6) is 5.75 Å². The molecule has 0 aliphatic rings. The van der Waals surface area contributed by atoms with Crippen molar-refractivity contribution in [3.05, 3.63) is 47.7 Å². The minimum absolute atomic E-state index is 0.516. The molecule has 0 aromatic carbocycles. The predicted molar refractivity (Wildman–Crippen MR) is 67.5 cm³/mol. The molecule has 2 aromatic heterocycles. The summed E-state index contributed by atoms with van der Waals surface area (Å²) in [6.07, 6.45) is 3.38. The number of nitrogens with zero attached hydrogens (tertiary/aromatic N) is 1. The van der Waals surface area contributed by atoms with Crippen molar-refractivity contribution >= 4 is 0 Å². The second-order valence-electron chi connectivity index (χ2n) is 4.15. The summed E-state index contributed by atoms with van der Waals surface area (Å²) in [6.45, 7) is 4.52. The summed E-state index contributed by atoms with van der Waals surface area (Å²) in [5, 5.41) is 10.2. The molecule has 2 heterocycles. The SMILES string of the molecule is CCCOc1cncc(C(O)c2ccc(C)o2)c1. The smallest absolute Gasteiger partial charge is 0.138 e. The fraction of sp³-hybridized carbons (Fsp3) is 0.357. The number of ether oxygens (including phenoxy) is 1.